The van der Waals surface area contributed by atoms with E-state index in [1.165, 1.54) is 0 Å². The van der Waals surface area contributed by atoms with Crippen LogP contribution < -0.4 is 11.1 Å². The van der Waals surface area contributed by atoms with Crippen molar-refractivity contribution in [1.29, 1.82) is 0 Å². The first-order chi connectivity index (χ1) is 14.3. The minimum absolute atomic E-state index is 0.162. The van der Waals surface area contributed by atoms with Gasteiger partial charge in [-0.25, -0.2) is 9.78 Å². The summed E-state index contributed by atoms with van der Waals surface area (Å²) in [6.45, 7) is 6.23. The van der Waals surface area contributed by atoms with Crippen LogP contribution in [0.1, 0.15) is 47.6 Å². The van der Waals surface area contributed by atoms with Gasteiger partial charge in [0.15, 0.2) is 11.6 Å². The number of anilines is 1. The first kappa shape index (κ1) is 19.6. The quantitative estimate of drug-likeness (QED) is 0.511. The summed E-state index contributed by atoms with van der Waals surface area (Å²) < 4.78 is 6.43. The van der Waals surface area contributed by atoms with E-state index in [4.69, 9.17) is 0 Å². The van der Waals surface area contributed by atoms with Gasteiger partial charge < -0.3 is 9.72 Å². The maximum absolute atomic E-state index is 12.6. The number of hydrogen-bond donors (Lipinski definition) is 2. The first-order valence-electron chi connectivity index (χ1n) is 9.72. The maximum atomic E-state index is 12.6. The molecule has 1 amide bonds. The van der Waals surface area contributed by atoms with Crippen LogP contribution in [0.25, 0.3) is 5.65 Å². The van der Waals surface area contributed by atoms with Crippen LogP contribution in [0.2, 0.25) is 0 Å². The highest BCUT2D eigenvalue weighted by Gasteiger charge is 2.22. The fourth-order valence-corrected chi connectivity index (χ4v) is 3.37. The topological polar surface area (TPSA) is 105 Å². The van der Waals surface area contributed by atoms with Crippen LogP contribution in [0.4, 0.5) is 5.82 Å². The predicted octanol–water partition coefficient (Wildman–Crippen LogP) is 3.48. The van der Waals surface area contributed by atoms with Gasteiger partial charge >= 0.3 is 5.76 Å². The number of aromatic nitrogens is 4. The Morgan fingerprint density at radius 2 is 1.93 bits per heavy atom. The molecule has 3 aromatic heterocycles. The number of carbonyl (C=O) groups excluding carboxylic acids is 1. The monoisotopic (exact) mass is 405 g/mol. The van der Waals surface area contributed by atoms with Gasteiger partial charge in [0, 0.05) is 18.2 Å². The number of pyridine rings is 1. The summed E-state index contributed by atoms with van der Waals surface area (Å²) in [6.07, 6.45) is 5.12. The number of rotatable bonds is 6. The minimum Gasteiger partial charge on any atom is -0.305 e. The number of hydrogen-bond acceptors (Lipinski definition) is 5. The lowest BCUT2D eigenvalue weighted by Gasteiger charge is -2.25. The highest BCUT2D eigenvalue weighted by Crippen LogP contribution is 2.28. The third-order valence-corrected chi connectivity index (χ3v) is 5.24. The van der Waals surface area contributed by atoms with Gasteiger partial charge in [0.1, 0.15) is 5.65 Å². The summed E-state index contributed by atoms with van der Waals surface area (Å²) in [5, 5.41) is 6.56. The highest BCUT2D eigenvalue weighted by molar-refractivity contribution is 6.03. The van der Waals surface area contributed by atoms with Crippen LogP contribution in [-0.4, -0.2) is 25.4 Å². The smallest absolute Gasteiger partial charge is 0.305 e. The van der Waals surface area contributed by atoms with Gasteiger partial charge in [0.25, 0.3) is 5.91 Å². The Hall–Kier alpha value is -3.68. The lowest BCUT2D eigenvalue weighted by atomic mass is 9.80. The molecule has 0 fully saturated rings. The molecular formula is C22H23N5O3. The molecule has 3 heterocycles. The maximum Gasteiger partial charge on any atom is 0.438 e. The number of amides is 1. The van der Waals surface area contributed by atoms with Gasteiger partial charge in [0.2, 0.25) is 0 Å². The SMILES string of the molecule is Cc1ccc2nc(NC(=O)c3ccc(C(C)(C)CCc4noc(=O)[nH]4)cc3)cn2c1. The summed E-state index contributed by atoms with van der Waals surface area (Å²) in [5.74, 6) is 0.293. The Kier molecular flexibility index (Phi) is 4.99. The zero-order valence-corrected chi connectivity index (χ0v) is 17.1. The third kappa shape index (κ3) is 4.17. The van der Waals surface area contributed by atoms with Gasteiger partial charge in [0.05, 0.1) is 6.20 Å². The normalized spacial score (nSPS) is 11.7. The first-order valence-corrected chi connectivity index (χ1v) is 9.72. The van der Waals surface area contributed by atoms with E-state index in [9.17, 15) is 9.59 Å². The number of imidazole rings is 1. The van der Waals surface area contributed by atoms with E-state index in [-0.39, 0.29) is 11.3 Å². The molecule has 0 aliphatic heterocycles. The van der Waals surface area contributed by atoms with Gasteiger partial charge in [-0.1, -0.05) is 37.2 Å². The van der Waals surface area contributed by atoms with Gasteiger partial charge in [-0.05, 0) is 48.1 Å². The predicted molar refractivity (Wildman–Crippen MR) is 113 cm³/mol. The molecule has 0 unspecified atom stereocenters. The highest BCUT2D eigenvalue weighted by atomic mass is 16.5. The molecule has 0 aliphatic carbocycles. The summed E-state index contributed by atoms with van der Waals surface area (Å²) >= 11 is 0. The summed E-state index contributed by atoms with van der Waals surface area (Å²) in [4.78, 5) is 30.7. The van der Waals surface area contributed by atoms with Crippen molar-refractivity contribution in [1.82, 2.24) is 19.5 Å². The number of carbonyl (C=O) groups is 1. The largest absolute Gasteiger partial charge is 0.438 e. The molecule has 0 saturated heterocycles. The fraction of sp³-hybridized carbons (Fsp3) is 0.273. The zero-order valence-electron chi connectivity index (χ0n) is 17.1. The van der Waals surface area contributed by atoms with Crippen LogP contribution in [0.15, 0.2) is 58.1 Å². The molecule has 4 rings (SSSR count). The molecular weight excluding hydrogens is 382 g/mol. The van der Waals surface area contributed by atoms with Crippen molar-refractivity contribution in [2.75, 3.05) is 5.32 Å². The van der Waals surface area contributed by atoms with Crippen molar-refractivity contribution < 1.29 is 9.32 Å². The van der Waals surface area contributed by atoms with Crippen LogP contribution in [0.3, 0.4) is 0 Å². The summed E-state index contributed by atoms with van der Waals surface area (Å²) in [7, 11) is 0. The van der Waals surface area contributed by atoms with E-state index < -0.39 is 5.76 Å². The van der Waals surface area contributed by atoms with Crippen molar-refractivity contribution in [3.8, 4) is 0 Å². The number of nitrogens with zero attached hydrogens (tertiary/aromatic N) is 3. The van der Waals surface area contributed by atoms with E-state index in [0.717, 1.165) is 23.2 Å². The van der Waals surface area contributed by atoms with Crippen LogP contribution in [0, 0.1) is 6.92 Å². The standard InChI is InChI=1S/C22H23N5O3/c1-14-4-9-19-23-18(13-27(19)12-14)24-20(28)15-5-7-16(8-6-15)22(2,3)11-10-17-25-21(29)30-26-17/h4-9,12-13H,10-11H2,1-3H3,(H,24,28)(H,25,26,29). The molecule has 8 heteroatoms. The van der Waals surface area contributed by atoms with Crippen molar-refractivity contribution in [3.05, 3.63) is 81.9 Å². The molecule has 0 spiro atoms. The van der Waals surface area contributed by atoms with E-state index in [2.05, 4.69) is 38.8 Å². The Bertz CT molecular complexity index is 1250. The molecule has 30 heavy (non-hydrogen) atoms. The molecule has 1 aromatic carbocycles. The number of benzene rings is 1. The molecule has 154 valence electrons. The van der Waals surface area contributed by atoms with E-state index in [1.54, 1.807) is 6.20 Å². The van der Waals surface area contributed by atoms with E-state index in [0.29, 0.717) is 23.6 Å². The van der Waals surface area contributed by atoms with Crippen LogP contribution in [-0.2, 0) is 11.8 Å². The number of nitrogens with one attached hydrogen (secondary N) is 2. The van der Waals surface area contributed by atoms with Gasteiger partial charge in [-0.3, -0.25) is 14.3 Å². The lowest BCUT2D eigenvalue weighted by molar-refractivity contribution is 0.102. The van der Waals surface area contributed by atoms with Crippen molar-refractivity contribution >= 4 is 17.4 Å². The Morgan fingerprint density at radius 3 is 2.63 bits per heavy atom. The zero-order chi connectivity index (χ0) is 21.3. The van der Waals surface area contributed by atoms with E-state index >= 15 is 0 Å². The average Bonchev–Trinajstić information content (AvgIpc) is 3.31. The molecule has 0 radical (unpaired) electrons. The van der Waals surface area contributed by atoms with Crippen molar-refractivity contribution in [2.45, 2.75) is 39.0 Å². The molecule has 0 aliphatic rings. The second kappa shape index (κ2) is 7.62. The molecule has 0 atom stereocenters. The molecule has 2 N–H and O–H groups in total. The summed E-state index contributed by atoms with van der Waals surface area (Å²) in [6, 6.07) is 11.4. The second-order valence-corrected chi connectivity index (χ2v) is 8.06. The summed E-state index contributed by atoms with van der Waals surface area (Å²) in [5.41, 5.74) is 3.38. The van der Waals surface area contributed by atoms with Crippen LogP contribution in [0.5, 0.6) is 0 Å². The number of aromatic amines is 1. The molecule has 0 saturated carbocycles. The Labute approximate surface area is 172 Å². The van der Waals surface area contributed by atoms with Crippen molar-refractivity contribution in [2.24, 2.45) is 0 Å². The number of fused-ring (bicyclic) bond motifs is 1. The Morgan fingerprint density at radius 1 is 1.17 bits per heavy atom. The molecule has 4 aromatic rings. The Balaban J connectivity index is 1.43. The molecule has 8 nitrogen and oxygen atoms in total. The molecule has 0 bridgehead atoms. The number of aryl methyl sites for hydroxylation is 2. The van der Waals surface area contributed by atoms with Crippen molar-refractivity contribution in [3.63, 3.8) is 0 Å². The lowest BCUT2D eigenvalue weighted by Crippen LogP contribution is -2.19. The second-order valence-electron chi connectivity index (χ2n) is 8.06. The van der Waals surface area contributed by atoms with Gasteiger partial charge in [-0.2, -0.15) is 0 Å². The number of H-pyrrole nitrogens is 1. The minimum atomic E-state index is -0.543. The van der Waals surface area contributed by atoms with Crippen LogP contribution >= 0.6 is 0 Å². The van der Waals surface area contributed by atoms with Gasteiger partial charge in [-0.15, -0.1) is 0 Å². The van der Waals surface area contributed by atoms with E-state index in [1.807, 2.05) is 53.9 Å². The third-order valence-electron chi connectivity index (χ3n) is 5.24. The fourth-order valence-electron chi connectivity index (χ4n) is 3.37. The average molecular weight is 405 g/mol.